The van der Waals surface area contributed by atoms with E-state index >= 15 is 0 Å². The molecule has 0 radical (unpaired) electrons. The maximum atomic E-state index is 11.8. The molecule has 0 spiro atoms. The molecular weight excluding hydrogens is 258 g/mol. The lowest BCUT2D eigenvalue weighted by Crippen LogP contribution is -2.36. The van der Waals surface area contributed by atoms with E-state index in [0.29, 0.717) is 11.8 Å². The van der Waals surface area contributed by atoms with Gasteiger partial charge in [-0.3, -0.25) is 5.10 Å². The fourth-order valence-corrected chi connectivity index (χ4v) is 1.75. The Bertz CT molecular complexity index is 481. The van der Waals surface area contributed by atoms with Gasteiger partial charge in [0.15, 0.2) is 0 Å². The number of nitrogens with zero attached hydrogens (tertiary/aromatic N) is 1. The van der Waals surface area contributed by atoms with Crippen LogP contribution in [0.3, 0.4) is 0 Å². The van der Waals surface area contributed by atoms with Crippen molar-refractivity contribution in [2.24, 2.45) is 0 Å². The van der Waals surface area contributed by atoms with Crippen LogP contribution in [0.5, 0.6) is 0 Å². The van der Waals surface area contributed by atoms with E-state index in [1.807, 2.05) is 20.8 Å². The van der Waals surface area contributed by atoms with E-state index in [0.717, 1.165) is 5.69 Å². The summed E-state index contributed by atoms with van der Waals surface area (Å²) in [6, 6.07) is -0.780. The molecule has 0 fully saturated rings. The predicted octanol–water partition coefficient (Wildman–Crippen LogP) is 2.47. The van der Waals surface area contributed by atoms with Crippen molar-refractivity contribution in [1.29, 1.82) is 0 Å². The number of aldehydes is 1. The van der Waals surface area contributed by atoms with E-state index in [-0.39, 0.29) is 5.41 Å². The highest BCUT2D eigenvalue weighted by Gasteiger charge is 2.27. The summed E-state index contributed by atoms with van der Waals surface area (Å²) in [5, 5.41) is 9.39. The first kappa shape index (κ1) is 16.2. The number of aromatic amines is 1. The van der Waals surface area contributed by atoms with E-state index in [4.69, 9.17) is 4.74 Å². The standard InChI is InChI=1S/C14H23N3O3/c1-13(2,3)11-9(7-15-17-11)10(8-18)16-12(19)20-14(4,5)6/h7-8,10H,1-6H3,(H,15,17)(H,16,19). The molecule has 6 heteroatoms. The molecule has 0 aromatic carbocycles. The molecule has 1 rings (SSSR count). The Kier molecular flexibility index (Phi) is 4.57. The topological polar surface area (TPSA) is 84.1 Å². The third-order valence-electron chi connectivity index (χ3n) is 2.56. The summed E-state index contributed by atoms with van der Waals surface area (Å²) in [5.74, 6) is 0. The molecule has 0 saturated heterocycles. The first-order valence-corrected chi connectivity index (χ1v) is 6.53. The van der Waals surface area contributed by atoms with Crippen molar-refractivity contribution in [1.82, 2.24) is 15.5 Å². The molecule has 0 aliphatic heterocycles. The molecule has 1 unspecified atom stereocenters. The van der Waals surface area contributed by atoms with Crippen LogP contribution in [-0.4, -0.2) is 28.2 Å². The van der Waals surface area contributed by atoms with Crippen molar-refractivity contribution in [2.75, 3.05) is 0 Å². The highest BCUT2D eigenvalue weighted by atomic mass is 16.6. The van der Waals surface area contributed by atoms with Crippen molar-refractivity contribution >= 4 is 12.4 Å². The number of carbonyl (C=O) groups excluding carboxylic acids is 2. The first-order chi connectivity index (χ1) is 9.04. The maximum Gasteiger partial charge on any atom is 0.408 e. The number of amides is 1. The van der Waals surface area contributed by atoms with Crippen molar-refractivity contribution in [3.05, 3.63) is 17.5 Å². The second-order valence-electron chi connectivity index (χ2n) is 6.71. The van der Waals surface area contributed by atoms with Crippen LogP contribution in [0, 0.1) is 0 Å². The average molecular weight is 281 g/mol. The predicted molar refractivity (Wildman–Crippen MR) is 75.5 cm³/mol. The Morgan fingerprint density at radius 3 is 2.40 bits per heavy atom. The second kappa shape index (κ2) is 5.64. The number of hydrogen-bond donors (Lipinski definition) is 2. The molecule has 0 saturated carbocycles. The monoisotopic (exact) mass is 281 g/mol. The summed E-state index contributed by atoms with van der Waals surface area (Å²) in [6.07, 6.45) is 1.59. The fourth-order valence-electron chi connectivity index (χ4n) is 1.75. The van der Waals surface area contributed by atoms with Gasteiger partial charge in [-0.1, -0.05) is 20.8 Å². The number of nitrogens with one attached hydrogen (secondary N) is 2. The number of ether oxygens (including phenoxy) is 1. The lowest BCUT2D eigenvalue weighted by molar-refractivity contribution is -0.109. The molecule has 1 heterocycles. The lowest BCUT2D eigenvalue weighted by Gasteiger charge is -2.23. The minimum Gasteiger partial charge on any atom is -0.444 e. The van der Waals surface area contributed by atoms with E-state index < -0.39 is 17.7 Å². The van der Waals surface area contributed by atoms with E-state index in [9.17, 15) is 9.59 Å². The summed E-state index contributed by atoms with van der Waals surface area (Å²) in [4.78, 5) is 23.0. The zero-order valence-electron chi connectivity index (χ0n) is 12.9. The number of hydrogen-bond acceptors (Lipinski definition) is 4. The number of rotatable bonds is 3. The van der Waals surface area contributed by atoms with Gasteiger partial charge in [0.05, 0.1) is 6.20 Å². The van der Waals surface area contributed by atoms with Crippen molar-refractivity contribution in [3.63, 3.8) is 0 Å². The van der Waals surface area contributed by atoms with Gasteiger partial charge in [0, 0.05) is 16.7 Å². The Labute approximate surface area is 119 Å². The van der Waals surface area contributed by atoms with Crippen LogP contribution >= 0.6 is 0 Å². The molecule has 1 aromatic heterocycles. The Balaban J connectivity index is 2.90. The Hall–Kier alpha value is -1.85. The lowest BCUT2D eigenvalue weighted by atomic mass is 9.88. The van der Waals surface area contributed by atoms with Gasteiger partial charge in [-0.05, 0) is 20.8 Å². The molecule has 6 nitrogen and oxygen atoms in total. The molecule has 112 valence electrons. The first-order valence-electron chi connectivity index (χ1n) is 6.53. The molecule has 20 heavy (non-hydrogen) atoms. The normalized spacial score (nSPS) is 13.7. The van der Waals surface area contributed by atoms with Gasteiger partial charge < -0.3 is 14.8 Å². The summed E-state index contributed by atoms with van der Waals surface area (Å²) in [6.45, 7) is 11.3. The zero-order chi connectivity index (χ0) is 15.6. The third kappa shape index (κ3) is 4.36. The number of H-pyrrole nitrogens is 1. The van der Waals surface area contributed by atoms with E-state index in [2.05, 4.69) is 15.5 Å². The zero-order valence-corrected chi connectivity index (χ0v) is 12.9. The number of carbonyl (C=O) groups is 2. The van der Waals surface area contributed by atoms with Gasteiger partial charge in [0.1, 0.15) is 17.9 Å². The summed E-state index contributed by atoms with van der Waals surface area (Å²) in [5.41, 5.74) is 0.646. The minimum atomic E-state index is -0.780. The summed E-state index contributed by atoms with van der Waals surface area (Å²) in [7, 11) is 0. The van der Waals surface area contributed by atoms with Gasteiger partial charge in [0.2, 0.25) is 0 Å². The van der Waals surface area contributed by atoms with Crippen LogP contribution in [0.15, 0.2) is 6.20 Å². The molecule has 1 aromatic rings. The van der Waals surface area contributed by atoms with Crippen molar-refractivity contribution < 1.29 is 14.3 Å². The van der Waals surface area contributed by atoms with Crippen LogP contribution < -0.4 is 5.32 Å². The Morgan fingerprint density at radius 1 is 1.35 bits per heavy atom. The summed E-state index contributed by atoms with van der Waals surface area (Å²) >= 11 is 0. The van der Waals surface area contributed by atoms with E-state index in [1.165, 1.54) is 0 Å². The molecule has 0 aliphatic carbocycles. The quantitative estimate of drug-likeness (QED) is 0.834. The highest BCUT2D eigenvalue weighted by molar-refractivity contribution is 5.75. The molecule has 0 bridgehead atoms. The summed E-state index contributed by atoms with van der Waals surface area (Å²) < 4.78 is 5.15. The molecule has 2 N–H and O–H groups in total. The van der Waals surface area contributed by atoms with Crippen molar-refractivity contribution in [2.45, 2.75) is 58.6 Å². The second-order valence-corrected chi connectivity index (χ2v) is 6.71. The van der Waals surface area contributed by atoms with E-state index in [1.54, 1.807) is 27.0 Å². The SMILES string of the molecule is CC(C)(C)OC(=O)NC(C=O)c1cn[nH]c1C(C)(C)C. The van der Waals surface area contributed by atoms with Gasteiger partial charge in [-0.25, -0.2) is 4.79 Å². The van der Waals surface area contributed by atoms with Gasteiger partial charge >= 0.3 is 6.09 Å². The van der Waals surface area contributed by atoms with Crippen molar-refractivity contribution in [3.8, 4) is 0 Å². The van der Waals surface area contributed by atoms with Gasteiger partial charge in [0.25, 0.3) is 0 Å². The van der Waals surface area contributed by atoms with Crippen LogP contribution in [0.25, 0.3) is 0 Å². The Morgan fingerprint density at radius 2 is 1.95 bits per heavy atom. The molecule has 0 aliphatic rings. The highest BCUT2D eigenvalue weighted by Crippen LogP contribution is 2.27. The number of alkyl carbamates (subject to hydrolysis) is 1. The van der Waals surface area contributed by atoms with Crippen LogP contribution in [0.2, 0.25) is 0 Å². The average Bonchev–Trinajstić information content (AvgIpc) is 2.71. The molecule has 1 atom stereocenters. The van der Waals surface area contributed by atoms with Gasteiger partial charge in [-0.15, -0.1) is 0 Å². The maximum absolute atomic E-state index is 11.8. The van der Waals surface area contributed by atoms with Crippen LogP contribution in [0.4, 0.5) is 4.79 Å². The fraction of sp³-hybridized carbons (Fsp3) is 0.643. The van der Waals surface area contributed by atoms with Crippen LogP contribution in [0.1, 0.15) is 58.8 Å². The van der Waals surface area contributed by atoms with Gasteiger partial charge in [-0.2, -0.15) is 5.10 Å². The van der Waals surface area contributed by atoms with Crippen LogP contribution in [-0.2, 0) is 14.9 Å². The largest absolute Gasteiger partial charge is 0.444 e. The molecular formula is C14H23N3O3. The number of aromatic nitrogens is 2. The minimum absolute atomic E-state index is 0.206. The smallest absolute Gasteiger partial charge is 0.408 e. The third-order valence-corrected chi connectivity index (χ3v) is 2.56. The molecule has 1 amide bonds.